The maximum Gasteiger partial charge on any atom is 0.250 e. The Hall–Kier alpha value is -2.43. The van der Waals surface area contributed by atoms with Crippen molar-refractivity contribution in [3.05, 3.63) is 52.4 Å². The normalized spacial score (nSPS) is 10.2. The second-order valence-electron chi connectivity index (χ2n) is 4.37. The number of methoxy groups -OCH3 is 2. The third kappa shape index (κ3) is 2.93. The number of aryl methyl sites for hydroxylation is 1. The Morgan fingerprint density at radius 3 is 2.60 bits per heavy atom. The maximum absolute atomic E-state index is 11.3. The Bertz CT molecular complexity index is 650. The first-order chi connectivity index (χ1) is 9.65. The van der Waals surface area contributed by atoms with Gasteiger partial charge in [-0.05, 0) is 12.1 Å². The van der Waals surface area contributed by atoms with Crippen molar-refractivity contribution in [1.29, 1.82) is 0 Å². The molecule has 0 aliphatic rings. The molecule has 0 aliphatic carbocycles. The average molecular weight is 274 g/mol. The Morgan fingerprint density at radius 2 is 1.95 bits per heavy atom. The summed E-state index contributed by atoms with van der Waals surface area (Å²) in [6, 6.07) is 9.03. The Labute approximate surface area is 117 Å². The van der Waals surface area contributed by atoms with Crippen molar-refractivity contribution in [3.8, 4) is 11.5 Å². The Morgan fingerprint density at radius 1 is 1.15 bits per heavy atom. The van der Waals surface area contributed by atoms with E-state index in [-0.39, 0.29) is 5.56 Å². The lowest BCUT2D eigenvalue weighted by Gasteiger charge is -2.14. The fourth-order valence-electron chi connectivity index (χ4n) is 1.99. The maximum atomic E-state index is 11.3. The zero-order valence-electron chi connectivity index (χ0n) is 11.8. The molecule has 1 N–H and O–H groups in total. The lowest BCUT2D eigenvalue weighted by molar-refractivity contribution is 0.352. The van der Waals surface area contributed by atoms with Crippen molar-refractivity contribution in [2.45, 2.75) is 6.54 Å². The molecule has 1 heterocycles. The molecule has 2 rings (SSSR count). The summed E-state index contributed by atoms with van der Waals surface area (Å²) in [7, 11) is 4.95. The minimum absolute atomic E-state index is 0.0329. The van der Waals surface area contributed by atoms with E-state index >= 15 is 0 Å². The van der Waals surface area contributed by atoms with Gasteiger partial charge in [0.15, 0.2) is 11.5 Å². The number of pyridine rings is 1. The molecule has 0 fully saturated rings. The second kappa shape index (κ2) is 6.14. The quantitative estimate of drug-likeness (QED) is 0.906. The van der Waals surface area contributed by atoms with Crippen LogP contribution in [0, 0.1) is 0 Å². The van der Waals surface area contributed by atoms with Crippen molar-refractivity contribution in [2.75, 3.05) is 19.5 Å². The highest BCUT2D eigenvalue weighted by Crippen LogP contribution is 2.30. The number of anilines is 1. The van der Waals surface area contributed by atoms with E-state index < -0.39 is 0 Å². The van der Waals surface area contributed by atoms with E-state index in [4.69, 9.17) is 9.47 Å². The number of para-hydroxylation sites is 1. The number of ether oxygens (including phenoxy) is 2. The molecule has 1 aromatic carbocycles. The van der Waals surface area contributed by atoms with Gasteiger partial charge in [0.1, 0.15) is 0 Å². The van der Waals surface area contributed by atoms with Crippen LogP contribution in [0.5, 0.6) is 11.5 Å². The van der Waals surface area contributed by atoms with Crippen LogP contribution in [0.2, 0.25) is 0 Å². The van der Waals surface area contributed by atoms with E-state index in [1.165, 1.54) is 10.6 Å². The van der Waals surface area contributed by atoms with Crippen LogP contribution in [-0.2, 0) is 13.6 Å². The smallest absolute Gasteiger partial charge is 0.250 e. The third-order valence-corrected chi connectivity index (χ3v) is 3.05. The second-order valence-corrected chi connectivity index (χ2v) is 4.37. The van der Waals surface area contributed by atoms with Gasteiger partial charge < -0.3 is 19.4 Å². The molecule has 5 nitrogen and oxygen atoms in total. The summed E-state index contributed by atoms with van der Waals surface area (Å²) in [6.45, 7) is 0.582. The first kappa shape index (κ1) is 14.0. The number of aromatic nitrogens is 1. The number of hydrogen-bond acceptors (Lipinski definition) is 4. The van der Waals surface area contributed by atoms with E-state index in [0.717, 1.165) is 11.3 Å². The molecular weight excluding hydrogens is 256 g/mol. The molecular formula is C15H18N2O3. The molecule has 0 bridgehead atoms. The molecule has 5 heteroatoms. The van der Waals surface area contributed by atoms with Gasteiger partial charge in [-0.2, -0.15) is 0 Å². The van der Waals surface area contributed by atoms with Gasteiger partial charge >= 0.3 is 0 Å². The molecule has 0 aliphatic heterocycles. The van der Waals surface area contributed by atoms with Crippen LogP contribution in [0.3, 0.4) is 0 Å². The summed E-state index contributed by atoms with van der Waals surface area (Å²) < 4.78 is 12.2. The number of hydrogen-bond donors (Lipinski definition) is 1. The molecule has 0 saturated carbocycles. The Kier molecular flexibility index (Phi) is 4.30. The summed E-state index contributed by atoms with van der Waals surface area (Å²) >= 11 is 0. The predicted molar refractivity (Wildman–Crippen MR) is 78.6 cm³/mol. The molecule has 0 radical (unpaired) electrons. The summed E-state index contributed by atoms with van der Waals surface area (Å²) in [4.78, 5) is 11.3. The van der Waals surface area contributed by atoms with Crippen LogP contribution in [-0.4, -0.2) is 18.8 Å². The molecule has 0 saturated heterocycles. The van der Waals surface area contributed by atoms with Crippen LogP contribution in [0.4, 0.5) is 5.69 Å². The minimum atomic E-state index is -0.0329. The van der Waals surface area contributed by atoms with Crippen molar-refractivity contribution < 1.29 is 9.47 Å². The summed E-state index contributed by atoms with van der Waals surface area (Å²) in [5.74, 6) is 1.42. The zero-order chi connectivity index (χ0) is 14.5. The number of benzene rings is 1. The van der Waals surface area contributed by atoms with Gasteiger partial charge in [-0.3, -0.25) is 4.79 Å². The summed E-state index contributed by atoms with van der Waals surface area (Å²) in [5, 5.41) is 3.26. The van der Waals surface area contributed by atoms with Gasteiger partial charge in [0.25, 0.3) is 0 Å². The summed E-state index contributed by atoms with van der Waals surface area (Å²) in [5.41, 5.74) is 1.83. The topological polar surface area (TPSA) is 52.5 Å². The van der Waals surface area contributed by atoms with Crippen molar-refractivity contribution in [3.63, 3.8) is 0 Å². The lowest BCUT2D eigenvalue weighted by atomic mass is 10.2. The molecule has 1 aromatic heterocycles. The van der Waals surface area contributed by atoms with E-state index in [9.17, 15) is 4.79 Å². The monoisotopic (exact) mass is 274 g/mol. The average Bonchev–Trinajstić information content (AvgIpc) is 2.47. The molecule has 106 valence electrons. The minimum Gasteiger partial charge on any atom is -0.493 e. The van der Waals surface area contributed by atoms with Crippen LogP contribution in [0.1, 0.15) is 5.56 Å². The van der Waals surface area contributed by atoms with Gasteiger partial charge in [0.2, 0.25) is 5.56 Å². The number of rotatable bonds is 5. The van der Waals surface area contributed by atoms with Crippen LogP contribution in [0.15, 0.2) is 41.3 Å². The van der Waals surface area contributed by atoms with Gasteiger partial charge in [0.05, 0.1) is 19.9 Å². The van der Waals surface area contributed by atoms with Crippen LogP contribution < -0.4 is 20.3 Å². The molecule has 2 aromatic rings. The van der Waals surface area contributed by atoms with E-state index in [1.807, 2.05) is 18.2 Å². The van der Waals surface area contributed by atoms with Crippen LogP contribution >= 0.6 is 0 Å². The van der Waals surface area contributed by atoms with Gasteiger partial charge in [0, 0.05) is 31.4 Å². The Balaban J connectivity index is 2.18. The summed E-state index contributed by atoms with van der Waals surface area (Å²) in [6.07, 6.45) is 1.76. The molecule has 0 atom stereocenters. The molecule has 0 amide bonds. The van der Waals surface area contributed by atoms with Crippen molar-refractivity contribution >= 4 is 5.69 Å². The SMILES string of the molecule is COc1cccc(CNc2ccc(=O)n(C)c2)c1OC. The zero-order valence-corrected chi connectivity index (χ0v) is 11.8. The third-order valence-electron chi connectivity index (χ3n) is 3.05. The predicted octanol–water partition coefficient (Wildman–Crippen LogP) is 2.01. The van der Waals surface area contributed by atoms with Crippen molar-refractivity contribution in [2.24, 2.45) is 7.05 Å². The highest BCUT2D eigenvalue weighted by atomic mass is 16.5. The van der Waals surface area contributed by atoms with Crippen molar-refractivity contribution in [1.82, 2.24) is 4.57 Å². The number of nitrogens with one attached hydrogen (secondary N) is 1. The van der Waals surface area contributed by atoms with Crippen LogP contribution in [0.25, 0.3) is 0 Å². The van der Waals surface area contributed by atoms with Gasteiger partial charge in [-0.25, -0.2) is 0 Å². The fourth-order valence-corrected chi connectivity index (χ4v) is 1.99. The van der Waals surface area contributed by atoms with E-state index in [0.29, 0.717) is 18.0 Å². The molecule has 0 unspecified atom stereocenters. The van der Waals surface area contributed by atoms with E-state index in [2.05, 4.69) is 5.32 Å². The molecule has 0 spiro atoms. The molecule has 20 heavy (non-hydrogen) atoms. The fraction of sp³-hybridized carbons (Fsp3) is 0.267. The first-order valence-corrected chi connectivity index (χ1v) is 6.26. The van der Waals surface area contributed by atoms with Gasteiger partial charge in [-0.15, -0.1) is 0 Å². The lowest BCUT2D eigenvalue weighted by Crippen LogP contribution is -2.15. The first-order valence-electron chi connectivity index (χ1n) is 6.26. The van der Waals surface area contributed by atoms with E-state index in [1.54, 1.807) is 33.5 Å². The standard InChI is InChI=1S/C15H18N2O3/c1-17-10-12(7-8-14(17)18)16-9-11-5-4-6-13(19-2)15(11)20-3/h4-8,10,16H,9H2,1-3H3. The van der Waals surface area contributed by atoms with Gasteiger partial charge in [-0.1, -0.05) is 12.1 Å². The largest absolute Gasteiger partial charge is 0.493 e. The highest BCUT2D eigenvalue weighted by molar-refractivity contribution is 5.49. The number of nitrogens with zero attached hydrogens (tertiary/aromatic N) is 1. The highest BCUT2D eigenvalue weighted by Gasteiger charge is 2.09.